The monoisotopic (exact) mass is 279 g/mol. The second-order valence-electron chi connectivity index (χ2n) is 6.08. The molecule has 1 heterocycles. The molecule has 1 fully saturated rings. The average Bonchev–Trinajstić information content (AvgIpc) is 2.32. The van der Waals surface area contributed by atoms with Crippen molar-refractivity contribution in [3.8, 4) is 0 Å². The lowest BCUT2D eigenvalue weighted by molar-refractivity contribution is -0.184. The number of alkyl carbamates (subject to hydrolysis) is 1. The van der Waals surface area contributed by atoms with Crippen molar-refractivity contribution in [3.05, 3.63) is 35.4 Å². The molecule has 20 heavy (non-hydrogen) atoms. The number of nitrogens with one attached hydrogen (secondary N) is 1. The maximum Gasteiger partial charge on any atom is 0.407 e. The summed E-state index contributed by atoms with van der Waals surface area (Å²) in [6, 6.07) is 7.47. The summed E-state index contributed by atoms with van der Waals surface area (Å²) in [4.78, 5) is 11.5. The van der Waals surface area contributed by atoms with Crippen LogP contribution in [0.2, 0.25) is 0 Å². The van der Waals surface area contributed by atoms with Crippen molar-refractivity contribution >= 4 is 6.09 Å². The van der Waals surface area contributed by atoms with Crippen LogP contribution in [-0.2, 0) is 21.6 Å². The van der Waals surface area contributed by atoms with E-state index in [0.29, 0.717) is 19.8 Å². The third-order valence-electron chi connectivity index (χ3n) is 3.01. The second-order valence-corrected chi connectivity index (χ2v) is 6.08. The van der Waals surface area contributed by atoms with Gasteiger partial charge in [-0.25, -0.2) is 4.79 Å². The van der Waals surface area contributed by atoms with Gasteiger partial charge in [0.25, 0.3) is 0 Å². The topological polar surface area (TPSA) is 67.8 Å². The SMILES string of the molecule is CC(C)(C)OC(=O)NCc1ccc(C2(O)COC2)cc1. The Morgan fingerprint density at radius 1 is 1.35 bits per heavy atom. The number of benzene rings is 1. The Balaban J connectivity index is 1.86. The molecule has 0 unspecified atom stereocenters. The van der Waals surface area contributed by atoms with Crippen LogP contribution in [0.25, 0.3) is 0 Å². The van der Waals surface area contributed by atoms with Gasteiger partial charge in [-0.15, -0.1) is 0 Å². The van der Waals surface area contributed by atoms with E-state index in [1.165, 1.54) is 0 Å². The van der Waals surface area contributed by atoms with Crippen LogP contribution in [0.15, 0.2) is 24.3 Å². The molecule has 0 atom stereocenters. The van der Waals surface area contributed by atoms with Gasteiger partial charge in [0.05, 0.1) is 13.2 Å². The molecule has 5 heteroatoms. The number of rotatable bonds is 3. The summed E-state index contributed by atoms with van der Waals surface area (Å²) in [5, 5.41) is 12.8. The van der Waals surface area contributed by atoms with E-state index in [0.717, 1.165) is 11.1 Å². The largest absolute Gasteiger partial charge is 0.444 e. The quantitative estimate of drug-likeness (QED) is 0.887. The van der Waals surface area contributed by atoms with Crippen molar-refractivity contribution in [2.75, 3.05) is 13.2 Å². The van der Waals surface area contributed by atoms with Crippen molar-refractivity contribution in [3.63, 3.8) is 0 Å². The molecule has 1 aromatic rings. The van der Waals surface area contributed by atoms with Crippen molar-refractivity contribution in [1.29, 1.82) is 0 Å². The molecule has 2 rings (SSSR count). The average molecular weight is 279 g/mol. The maximum atomic E-state index is 11.5. The minimum absolute atomic E-state index is 0.336. The molecule has 1 amide bonds. The van der Waals surface area contributed by atoms with Crippen molar-refractivity contribution < 1.29 is 19.4 Å². The highest BCUT2D eigenvalue weighted by atomic mass is 16.6. The molecule has 2 N–H and O–H groups in total. The highest BCUT2D eigenvalue weighted by Crippen LogP contribution is 2.29. The van der Waals surface area contributed by atoms with E-state index in [2.05, 4.69) is 5.32 Å². The van der Waals surface area contributed by atoms with Crippen LogP contribution >= 0.6 is 0 Å². The third kappa shape index (κ3) is 3.71. The van der Waals surface area contributed by atoms with Gasteiger partial charge in [0.15, 0.2) is 0 Å². The lowest BCUT2D eigenvalue weighted by atomic mass is 9.91. The van der Waals surface area contributed by atoms with Gasteiger partial charge < -0.3 is 19.9 Å². The number of carbonyl (C=O) groups excluding carboxylic acids is 1. The summed E-state index contributed by atoms with van der Waals surface area (Å²) in [7, 11) is 0. The maximum absolute atomic E-state index is 11.5. The fraction of sp³-hybridized carbons (Fsp3) is 0.533. The van der Waals surface area contributed by atoms with Gasteiger partial charge in [0.1, 0.15) is 11.2 Å². The van der Waals surface area contributed by atoms with Gasteiger partial charge in [-0.05, 0) is 31.9 Å². The molecule has 110 valence electrons. The molecule has 0 saturated carbocycles. The zero-order valence-electron chi connectivity index (χ0n) is 12.1. The minimum atomic E-state index is -0.850. The minimum Gasteiger partial charge on any atom is -0.444 e. The second kappa shape index (κ2) is 5.42. The van der Waals surface area contributed by atoms with Gasteiger partial charge in [-0.3, -0.25) is 0 Å². The molecule has 1 saturated heterocycles. The van der Waals surface area contributed by atoms with Crippen molar-refractivity contribution in [2.45, 2.75) is 38.5 Å². The fourth-order valence-corrected chi connectivity index (χ4v) is 1.88. The Morgan fingerprint density at radius 2 is 1.95 bits per heavy atom. The summed E-state index contributed by atoms with van der Waals surface area (Å²) >= 11 is 0. The first-order chi connectivity index (χ1) is 9.28. The zero-order valence-corrected chi connectivity index (χ0v) is 12.1. The van der Waals surface area contributed by atoms with Crippen LogP contribution in [0.1, 0.15) is 31.9 Å². The van der Waals surface area contributed by atoms with E-state index in [-0.39, 0.29) is 0 Å². The van der Waals surface area contributed by atoms with Crippen molar-refractivity contribution in [2.24, 2.45) is 0 Å². The van der Waals surface area contributed by atoms with Crippen LogP contribution < -0.4 is 5.32 Å². The normalized spacial score (nSPS) is 17.2. The van der Waals surface area contributed by atoms with Crippen LogP contribution in [0.3, 0.4) is 0 Å². The van der Waals surface area contributed by atoms with E-state index in [1.807, 2.05) is 45.0 Å². The molecule has 1 aromatic carbocycles. The van der Waals surface area contributed by atoms with Gasteiger partial charge >= 0.3 is 6.09 Å². The summed E-state index contributed by atoms with van der Waals surface area (Å²) < 4.78 is 10.2. The highest BCUT2D eigenvalue weighted by molar-refractivity contribution is 5.67. The van der Waals surface area contributed by atoms with E-state index >= 15 is 0 Å². The lowest BCUT2D eigenvalue weighted by Crippen LogP contribution is -2.46. The zero-order chi connectivity index (χ0) is 14.8. The number of ether oxygens (including phenoxy) is 2. The highest BCUT2D eigenvalue weighted by Gasteiger charge is 2.37. The number of hydrogen-bond donors (Lipinski definition) is 2. The molecule has 0 bridgehead atoms. The van der Waals surface area contributed by atoms with Crippen LogP contribution in [0, 0.1) is 0 Å². The van der Waals surface area contributed by atoms with Gasteiger partial charge in [-0.2, -0.15) is 0 Å². The Morgan fingerprint density at radius 3 is 2.40 bits per heavy atom. The number of hydrogen-bond acceptors (Lipinski definition) is 4. The predicted molar refractivity (Wildman–Crippen MR) is 74.2 cm³/mol. The molecule has 1 aliphatic rings. The molecular formula is C15H21NO4. The van der Waals surface area contributed by atoms with E-state index in [9.17, 15) is 9.90 Å². The lowest BCUT2D eigenvalue weighted by Gasteiger charge is -2.36. The number of amides is 1. The first-order valence-electron chi connectivity index (χ1n) is 6.65. The standard InChI is InChI=1S/C15H21NO4/c1-14(2,3)20-13(17)16-8-11-4-6-12(7-5-11)15(18)9-19-10-15/h4-7,18H,8-10H2,1-3H3,(H,16,17). The Hall–Kier alpha value is -1.59. The first-order valence-corrected chi connectivity index (χ1v) is 6.65. The molecule has 0 aromatic heterocycles. The molecule has 0 spiro atoms. The smallest absolute Gasteiger partial charge is 0.407 e. The van der Waals surface area contributed by atoms with Gasteiger partial charge in [-0.1, -0.05) is 24.3 Å². The van der Waals surface area contributed by atoms with Gasteiger partial charge in [0.2, 0.25) is 0 Å². The molecule has 1 aliphatic heterocycles. The van der Waals surface area contributed by atoms with E-state index in [1.54, 1.807) is 0 Å². The first kappa shape index (κ1) is 14.8. The number of aliphatic hydroxyl groups is 1. The fourth-order valence-electron chi connectivity index (χ4n) is 1.88. The van der Waals surface area contributed by atoms with Crippen molar-refractivity contribution in [1.82, 2.24) is 5.32 Å². The predicted octanol–water partition coefficient (Wildman–Crippen LogP) is 1.93. The van der Waals surface area contributed by atoms with E-state index in [4.69, 9.17) is 9.47 Å². The van der Waals surface area contributed by atoms with E-state index < -0.39 is 17.3 Å². The summed E-state index contributed by atoms with van der Waals surface area (Å²) in [6.45, 7) is 6.53. The Kier molecular flexibility index (Phi) is 4.01. The van der Waals surface area contributed by atoms with Crippen LogP contribution in [0.4, 0.5) is 4.79 Å². The Bertz CT molecular complexity index is 472. The summed E-state index contributed by atoms with van der Waals surface area (Å²) in [6.07, 6.45) is -0.437. The molecule has 0 radical (unpaired) electrons. The Labute approximate surface area is 118 Å². The summed E-state index contributed by atoms with van der Waals surface area (Å²) in [5.74, 6) is 0. The van der Waals surface area contributed by atoms with Gasteiger partial charge in [0, 0.05) is 6.54 Å². The number of carbonyl (C=O) groups is 1. The molecule has 0 aliphatic carbocycles. The molecular weight excluding hydrogens is 258 g/mol. The van der Waals surface area contributed by atoms with Crippen LogP contribution in [0.5, 0.6) is 0 Å². The summed E-state index contributed by atoms with van der Waals surface area (Å²) in [5.41, 5.74) is 0.437. The van der Waals surface area contributed by atoms with Crippen LogP contribution in [-0.4, -0.2) is 30.0 Å². The third-order valence-corrected chi connectivity index (χ3v) is 3.01. The molecule has 5 nitrogen and oxygen atoms in total.